The first-order valence-electron chi connectivity index (χ1n) is 20.3. The lowest BCUT2D eigenvalue weighted by atomic mass is 9.82. The standard InChI is InChI=1S/C44H70N4O6/c1-12-30(6)43(47(10)44(53)34(28(2)3)25-39(51)42(29(4)5)46(8)9)40(54-11)26-41(52)48-24-16-21-37(48)35(27-49)31(7)38(50)22-14-18-32-17-13-20-36-33(32)19-15-23-45-36/h13,15,17,19-20,23,28-31,34-35,37,40,42-43,49H,12,14,16,18,21-22,24-27H2,1-11H3/t30-,31+,34-,35+,37-,40+,42-,43?/m0/s1. The molecular formula is C44H70N4O6. The lowest BCUT2D eigenvalue weighted by Crippen LogP contribution is -2.54. The first kappa shape index (κ1) is 45.2. The molecule has 1 fully saturated rings. The number of aromatic nitrogens is 1. The fraction of sp³-hybridized carbons (Fsp3) is 0.705. The summed E-state index contributed by atoms with van der Waals surface area (Å²) in [6.45, 7) is 14.4. The summed E-state index contributed by atoms with van der Waals surface area (Å²) in [6, 6.07) is 9.13. The van der Waals surface area contributed by atoms with Gasteiger partial charge in [-0.1, -0.05) is 73.1 Å². The van der Waals surface area contributed by atoms with Crippen LogP contribution in [0, 0.1) is 35.5 Å². The molecule has 1 aliphatic rings. The quantitative estimate of drug-likeness (QED) is 0.146. The molecule has 1 aliphatic heterocycles. The Morgan fingerprint density at radius 1 is 0.963 bits per heavy atom. The Labute approximate surface area is 325 Å². The number of aryl methyl sites for hydroxylation is 1. The summed E-state index contributed by atoms with van der Waals surface area (Å²) in [5.74, 6) is -1.24. The van der Waals surface area contributed by atoms with Crippen LogP contribution in [0.5, 0.6) is 0 Å². The fourth-order valence-corrected chi connectivity index (χ4v) is 8.95. The minimum Gasteiger partial charge on any atom is -0.396 e. The lowest BCUT2D eigenvalue weighted by Gasteiger charge is -2.41. The van der Waals surface area contributed by atoms with Crippen molar-refractivity contribution in [3.63, 3.8) is 0 Å². The molecule has 2 aromatic rings. The number of Topliss-reactive ketones (excluding diaryl/α,β-unsaturated/α-hetero) is 2. The van der Waals surface area contributed by atoms with E-state index in [9.17, 15) is 24.3 Å². The van der Waals surface area contributed by atoms with Crippen molar-refractivity contribution in [1.82, 2.24) is 19.7 Å². The van der Waals surface area contributed by atoms with Gasteiger partial charge in [0, 0.05) is 75.5 Å². The number of pyridine rings is 1. The topological polar surface area (TPSA) is 120 Å². The number of hydrogen-bond donors (Lipinski definition) is 1. The van der Waals surface area contributed by atoms with Crippen molar-refractivity contribution in [2.45, 2.75) is 124 Å². The SMILES string of the molecule is CC[C@H](C)C([C@@H](CC(=O)N1CCC[C@H]1[C@H](CO)[C@@H](C)C(=O)CCCc1cccc2ncccc12)OC)N(C)C(=O)[C@@H](CC(=O)[C@H](C(C)C)N(C)C)C(C)C. The van der Waals surface area contributed by atoms with Gasteiger partial charge in [-0.25, -0.2) is 0 Å². The molecule has 302 valence electrons. The van der Waals surface area contributed by atoms with Crippen molar-refractivity contribution in [2.24, 2.45) is 35.5 Å². The molecule has 54 heavy (non-hydrogen) atoms. The van der Waals surface area contributed by atoms with Crippen molar-refractivity contribution < 1.29 is 29.0 Å². The molecule has 0 aliphatic carbocycles. The van der Waals surface area contributed by atoms with Gasteiger partial charge in [0.1, 0.15) is 5.78 Å². The van der Waals surface area contributed by atoms with Gasteiger partial charge in [-0.05, 0) is 75.2 Å². The molecule has 2 amide bonds. The number of aliphatic hydroxyl groups excluding tert-OH is 1. The molecule has 10 heteroatoms. The summed E-state index contributed by atoms with van der Waals surface area (Å²) >= 11 is 0. The normalized spacial score (nSPS) is 18.8. The van der Waals surface area contributed by atoms with E-state index in [2.05, 4.69) is 31.0 Å². The van der Waals surface area contributed by atoms with Gasteiger partial charge in [0.2, 0.25) is 11.8 Å². The summed E-state index contributed by atoms with van der Waals surface area (Å²) < 4.78 is 6.05. The lowest BCUT2D eigenvalue weighted by molar-refractivity contribution is -0.148. The first-order valence-corrected chi connectivity index (χ1v) is 20.3. The summed E-state index contributed by atoms with van der Waals surface area (Å²) in [7, 11) is 7.18. The Morgan fingerprint density at radius 2 is 1.67 bits per heavy atom. The van der Waals surface area contributed by atoms with Crippen LogP contribution in [0.2, 0.25) is 0 Å². The molecular weight excluding hydrogens is 681 g/mol. The maximum atomic E-state index is 14.3. The predicted octanol–water partition coefficient (Wildman–Crippen LogP) is 6.46. The molecule has 1 saturated heterocycles. The maximum absolute atomic E-state index is 14.3. The van der Waals surface area contributed by atoms with Crippen LogP contribution in [-0.2, 0) is 30.3 Å². The second-order valence-electron chi connectivity index (χ2n) is 16.7. The van der Waals surface area contributed by atoms with E-state index < -0.39 is 24.0 Å². The van der Waals surface area contributed by atoms with Crippen LogP contribution in [0.4, 0.5) is 0 Å². The molecule has 10 nitrogen and oxygen atoms in total. The number of hydrogen-bond acceptors (Lipinski definition) is 8. The molecule has 1 aromatic heterocycles. The number of nitrogens with zero attached hydrogens (tertiary/aromatic N) is 4. The number of methoxy groups -OCH3 is 1. The fourth-order valence-electron chi connectivity index (χ4n) is 8.95. The molecule has 8 atom stereocenters. The second kappa shape index (κ2) is 21.2. The van der Waals surface area contributed by atoms with Crippen LogP contribution in [0.1, 0.15) is 99.0 Å². The number of carbonyl (C=O) groups is 4. The van der Waals surface area contributed by atoms with Crippen molar-refractivity contribution >= 4 is 34.3 Å². The number of ketones is 2. The number of likely N-dealkylation sites (N-methyl/N-ethyl adjacent to an activating group) is 2. The van der Waals surface area contributed by atoms with Crippen molar-refractivity contribution in [1.29, 1.82) is 0 Å². The Morgan fingerprint density at radius 3 is 2.26 bits per heavy atom. The molecule has 3 rings (SSSR count). The monoisotopic (exact) mass is 751 g/mol. The van der Waals surface area contributed by atoms with Gasteiger partial charge in [-0.2, -0.15) is 0 Å². The number of ether oxygens (including phenoxy) is 1. The van der Waals surface area contributed by atoms with Gasteiger partial charge in [0.25, 0.3) is 0 Å². The Bertz CT molecular complexity index is 1510. The highest BCUT2D eigenvalue weighted by molar-refractivity contribution is 5.90. The van der Waals surface area contributed by atoms with Crippen LogP contribution in [0.25, 0.3) is 10.9 Å². The third-order valence-electron chi connectivity index (χ3n) is 12.2. The molecule has 0 spiro atoms. The number of likely N-dealkylation sites (tertiary alicyclic amines) is 1. The third-order valence-corrected chi connectivity index (χ3v) is 12.2. The molecule has 1 unspecified atom stereocenters. The molecule has 1 aromatic carbocycles. The van der Waals surface area contributed by atoms with Crippen LogP contribution in [-0.4, -0.2) is 114 Å². The van der Waals surface area contributed by atoms with Gasteiger partial charge in [0.15, 0.2) is 5.78 Å². The highest BCUT2D eigenvalue weighted by Crippen LogP contribution is 2.33. The Hall–Kier alpha value is -3.21. The van der Waals surface area contributed by atoms with Crippen LogP contribution >= 0.6 is 0 Å². The zero-order valence-electron chi connectivity index (χ0n) is 35.1. The number of fused-ring (bicyclic) bond motifs is 1. The van der Waals surface area contributed by atoms with E-state index in [0.29, 0.717) is 19.4 Å². The molecule has 1 N–H and O–H groups in total. The van der Waals surface area contributed by atoms with E-state index in [-0.39, 0.29) is 78.6 Å². The number of benzene rings is 1. The number of carbonyl (C=O) groups excluding carboxylic acids is 4. The third kappa shape index (κ3) is 11.2. The zero-order chi connectivity index (χ0) is 40.3. The van der Waals surface area contributed by atoms with E-state index in [0.717, 1.165) is 36.6 Å². The van der Waals surface area contributed by atoms with E-state index in [4.69, 9.17) is 4.74 Å². The molecule has 0 bridgehead atoms. The van der Waals surface area contributed by atoms with Gasteiger partial charge in [0.05, 0.1) is 30.1 Å². The van der Waals surface area contributed by atoms with Crippen LogP contribution in [0.3, 0.4) is 0 Å². The number of rotatable bonds is 22. The average Bonchev–Trinajstić information content (AvgIpc) is 3.62. The van der Waals surface area contributed by atoms with Crippen LogP contribution in [0.15, 0.2) is 36.5 Å². The van der Waals surface area contributed by atoms with E-state index >= 15 is 0 Å². The Balaban J connectivity index is 1.73. The first-order chi connectivity index (χ1) is 25.6. The maximum Gasteiger partial charge on any atom is 0.226 e. The zero-order valence-corrected chi connectivity index (χ0v) is 35.1. The van der Waals surface area contributed by atoms with Crippen molar-refractivity contribution in [2.75, 3.05) is 41.4 Å². The second-order valence-corrected chi connectivity index (χ2v) is 16.7. The van der Waals surface area contributed by atoms with Gasteiger partial charge in [-0.3, -0.25) is 29.1 Å². The van der Waals surface area contributed by atoms with E-state index in [1.807, 2.05) is 76.7 Å². The average molecular weight is 751 g/mol. The summed E-state index contributed by atoms with van der Waals surface area (Å²) in [6.07, 6.45) is 5.57. The van der Waals surface area contributed by atoms with Gasteiger partial charge < -0.3 is 19.6 Å². The molecule has 0 saturated carbocycles. The highest BCUT2D eigenvalue weighted by Gasteiger charge is 2.42. The predicted molar refractivity (Wildman–Crippen MR) is 216 cm³/mol. The highest BCUT2D eigenvalue weighted by atomic mass is 16.5. The smallest absolute Gasteiger partial charge is 0.226 e. The summed E-state index contributed by atoms with van der Waals surface area (Å²) in [5.41, 5.74) is 2.11. The number of aliphatic hydroxyl groups is 1. The largest absolute Gasteiger partial charge is 0.396 e. The molecule has 0 radical (unpaired) electrons. The minimum absolute atomic E-state index is 0.0211. The summed E-state index contributed by atoms with van der Waals surface area (Å²) in [4.78, 5) is 65.5. The van der Waals surface area contributed by atoms with Gasteiger partial charge in [-0.15, -0.1) is 0 Å². The minimum atomic E-state index is -0.577. The summed E-state index contributed by atoms with van der Waals surface area (Å²) in [5, 5.41) is 11.7. The van der Waals surface area contributed by atoms with Crippen molar-refractivity contribution in [3.8, 4) is 0 Å². The van der Waals surface area contributed by atoms with Crippen molar-refractivity contribution in [3.05, 3.63) is 42.1 Å². The Kier molecular flexibility index (Phi) is 17.7. The van der Waals surface area contributed by atoms with Gasteiger partial charge >= 0.3 is 0 Å². The van der Waals surface area contributed by atoms with E-state index in [1.54, 1.807) is 25.3 Å². The van der Waals surface area contributed by atoms with Crippen LogP contribution < -0.4 is 0 Å². The van der Waals surface area contributed by atoms with E-state index in [1.165, 1.54) is 5.56 Å². The number of amides is 2. The molecule has 2 heterocycles.